The minimum atomic E-state index is -0.185. The number of benzene rings is 1. The Morgan fingerprint density at radius 2 is 2.00 bits per heavy atom. The Morgan fingerprint density at radius 1 is 1.18 bits per heavy atom. The predicted molar refractivity (Wildman–Crippen MR) is 85.1 cm³/mol. The number of hydrogen-bond donors (Lipinski definition) is 2. The Bertz CT molecular complexity index is 717. The number of fused-ring (bicyclic) bond motifs is 1. The third-order valence-electron chi connectivity index (χ3n) is 4.05. The molecule has 1 heterocycles. The molecule has 116 valence electrons. The van der Waals surface area contributed by atoms with Crippen molar-refractivity contribution in [1.82, 2.24) is 10.3 Å². The van der Waals surface area contributed by atoms with Gasteiger partial charge in [0.2, 0.25) is 5.56 Å². The van der Waals surface area contributed by atoms with Gasteiger partial charge in [0.25, 0.3) is 5.91 Å². The molecule has 1 fully saturated rings. The van der Waals surface area contributed by atoms with E-state index in [2.05, 4.69) is 10.3 Å². The number of para-hydroxylation sites is 1. The highest BCUT2D eigenvalue weighted by atomic mass is 16.5. The number of nitrogens with one attached hydrogen (secondary N) is 2. The Balaban J connectivity index is 1.64. The molecule has 0 unspecified atom stereocenters. The zero-order valence-corrected chi connectivity index (χ0v) is 12.4. The number of hydrogen-bond acceptors (Lipinski definition) is 3. The van der Waals surface area contributed by atoms with E-state index in [1.165, 1.54) is 25.3 Å². The van der Waals surface area contributed by atoms with Gasteiger partial charge < -0.3 is 15.0 Å². The maximum Gasteiger partial charge on any atom is 0.258 e. The van der Waals surface area contributed by atoms with E-state index < -0.39 is 0 Å². The summed E-state index contributed by atoms with van der Waals surface area (Å²) in [5.74, 6) is 0.413. The Kier molecular flexibility index (Phi) is 4.42. The second-order valence-corrected chi connectivity index (χ2v) is 5.73. The van der Waals surface area contributed by atoms with Gasteiger partial charge >= 0.3 is 0 Å². The van der Waals surface area contributed by atoms with Crippen LogP contribution in [-0.4, -0.2) is 23.5 Å². The summed E-state index contributed by atoms with van der Waals surface area (Å²) >= 11 is 0. The highest BCUT2D eigenvalue weighted by Gasteiger charge is 2.16. The number of H-pyrrole nitrogens is 1. The molecule has 1 aromatic carbocycles. The summed E-state index contributed by atoms with van der Waals surface area (Å²) in [5.41, 5.74) is 0.440. The van der Waals surface area contributed by atoms with Crippen molar-refractivity contribution in [2.45, 2.75) is 38.1 Å². The van der Waals surface area contributed by atoms with Crippen LogP contribution in [0.5, 0.6) is 5.75 Å². The molecular formula is C17H20N2O3. The molecule has 1 aromatic heterocycles. The summed E-state index contributed by atoms with van der Waals surface area (Å²) in [5, 5.41) is 3.89. The van der Waals surface area contributed by atoms with Crippen molar-refractivity contribution in [3.8, 4) is 5.75 Å². The fraction of sp³-hybridized carbons (Fsp3) is 0.412. The van der Waals surface area contributed by atoms with E-state index in [1.54, 1.807) is 12.1 Å². The van der Waals surface area contributed by atoms with Crippen molar-refractivity contribution in [2.24, 2.45) is 0 Å². The lowest BCUT2D eigenvalue weighted by molar-refractivity contribution is -0.124. The number of aromatic nitrogens is 1. The molecule has 1 amide bonds. The van der Waals surface area contributed by atoms with Crippen LogP contribution in [0.25, 0.3) is 10.9 Å². The number of aromatic amines is 1. The van der Waals surface area contributed by atoms with Crippen molar-refractivity contribution in [2.75, 3.05) is 6.61 Å². The van der Waals surface area contributed by atoms with E-state index in [4.69, 9.17) is 4.74 Å². The second-order valence-electron chi connectivity index (χ2n) is 5.73. The summed E-state index contributed by atoms with van der Waals surface area (Å²) in [7, 11) is 0. The lowest BCUT2D eigenvalue weighted by atomic mass is 9.95. The standard InChI is InChI=1S/C17H20N2O3/c20-15-10-9-12-5-4-8-14(17(12)19-15)22-11-16(21)18-13-6-2-1-3-7-13/h4-5,8-10,13H,1-3,6-7,11H2,(H,18,21)(H,19,20). The van der Waals surface area contributed by atoms with Crippen molar-refractivity contribution in [3.63, 3.8) is 0 Å². The quantitative estimate of drug-likeness (QED) is 0.910. The molecule has 0 spiro atoms. The molecule has 5 heteroatoms. The van der Waals surface area contributed by atoms with Crippen molar-refractivity contribution in [3.05, 3.63) is 40.7 Å². The van der Waals surface area contributed by atoms with E-state index in [0.29, 0.717) is 11.3 Å². The lowest BCUT2D eigenvalue weighted by Crippen LogP contribution is -2.39. The Labute approximate surface area is 128 Å². The minimum absolute atomic E-state index is 0.0352. The van der Waals surface area contributed by atoms with Crippen LogP contribution in [0, 0.1) is 0 Å². The average Bonchev–Trinajstić information content (AvgIpc) is 2.54. The smallest absolute Gasteiger partial charge is 0.258 e. The summed E-state index contributed by atoms with van der Waals surface area (Å²) in [4.78, 5) is 26.2. The lowest BCUT2D eigenvalue weighted by Gasteiger charge is -2.22. The molecular weight excluding hydrogens is 280 g/mol. The van der Waals surface area contributed by atoms with Crippen molar-refractivity contribution < 1.29 is 9.53 Å². The highest BCUT2D eigenvalue weighted by molar-refractivity contribution is 5.85. The summed E-state index contributed by atoms with van der Waals surface area (Å²) in [6.07, 6.45) is 5.71. The number of carbonyl (C=O) groups excluding carboxylic acids is 1. The van der Waals surface area contributed by atoms with E-state index in [0.717, 1.165) is 18.2 Å². The second kappa shape index (κ2) is 6.64. The Hall–Kier alpha value is -2.30. The summed E-state index contributed by atoms with van der Waals surface area (Å²) in [6.45, 7) is -0.0352. The van der Waals surface area contributed by atoms with Gasteiger partial charge in [0.1, 0.15) is 5.75 Å². The average molecular weight is 300 g/mol. The van der Waals surface area contributed by atoms with Gasteiger partial charge in [-0.05, 0) is 25.0 Å². The van der Waals surface area contributed by atoms with Gasteiger partial charge in [0.15, 0.2) is 6.61 Å². The predicted octanol–water partition coefficient (Wildman–Crippen LogP) is 2.36. The van der Waals surface area contributed by atoms with Crippen molar-refractivity contribution >= 4 is 16.8 Å². The van der Waals surface area contributed by atoms with Crippen LogP contribution in [0.3, 0.4) is 0 Å². The van der Waals surface area contributed by atoms with Crippen LogP contribution in [0.1, 0.15) is 32.1 Å². The van der Waals surface area contributed by atoms with Gasteiger partial charge in [-0.2, -0.15) is 0 Å². The van der Waals surface area contributed by atoms with Gasteiger partial charge in [-0.1, -0.05) is 31.4 Å². The summed E-state index contributed by atoms with van der Waals surface area (Å²) in [6, 6.07) is 8.98. The van der Waals surface area contributed by atoms with Crippen LogP contribution in [-0.2, 0) is 4.79 Å². The number of ether oxygens (including phenoxy) is 1. The largest absolute Gasteiger partial charge is 0.482 e. The van der Waals surface area contributed by atoms with E-state index in [1.807, 2.05) is 12.1 Å². The summed E-state index contributed by atoms with van der Waals surface area (Å²) < 4.78 is 5.60. The molecule has 2 N–H and O–H groups in total. The zero-order chi connectivity index (χ0) is 15.4. The van der Waals surface area contributed by atoms with Gasteiger partial charge in [0.05, 0.1) is 5.52 Å². The normalized spacial score (nSPS) is 15.6. The number of pyridine rings is 1. The van der Waals surface area contributed by atoms with Crippen LogP contribution >= 0.6 is 0 Å². The van der Waals surface area contributed by atoms with Gasteiger partial charge in [-0.3, -0.25) is 9.59 Å². The maximum absolute atomic E-state index is 12.0. The van der Waals surface area contributed by atoms with Crippen LogP contribution in [0.2, 0.25) is 0 Å². The first kappa shape index (κ1) is 14.6. The molecule has 0 radical (unpaired) electrons. The van der Waals surface area contributed by atoms with Crippen LogP contribution < -0.4 is 15.6 Å². The number of carbonyl (C=O) groups is 1. The molecule has 0 bridgehead atoms. The molecule has 0 atom stereocenters. The van der Waals surface area contributed by atoms with E-state index in [9.17, 15) is 9.59 Å². The monoisotopic (exact) mass is 300 g/mol. The topological polar surface area (TPSA) is 71.2 Å². The molecule has 0 saturated heterocycles. The first-order valence-electron chi connectivity index (χ1n) is 7.76. The fourth-order valence-corrected chi connectivity index (χ4v) is 2.93. The van der Waals surface area contributed by atoms with Crippen molar-refractivity contribution in [1.29, 1.82) is 0 Å². The Morgan fingerprint density at radius 3 is 2.82 bits per heavy atom. The fourth-order valence-electron chi connectivity index (χ4n) is 2.93. The minimum Gasteiger partial charge on any atom is -0.482 e. The molecule has 2 aromatic rings. The zero-order valence-electron chi connectivity index (χ0n) is 12.4. The van der Waals surface area contributed by atoms with E-state index >= 15 is 0 Å². The molecule has 1 aliphatic carbocycles. The molecule has 3 rings (SSSR count). The SMILES string of the molecule is O=C(COc1cccc2ccc(=O)[nH]c12)NC1CCCCC1. The van der Waals surface area contributed by atoms with Crippen LogP contribution in [0.4, 0.5) is 0 Å². The van der Waals surface area contributed by atoms with Gasteiger partial charge in [0, 0.05) is 17.5 Å². The number of amides is 1. The molecule has 22 heavy (non-hydrogen) atoms. The third kappa shape index (κ3) is 3.47. The maximum atomic E-state index is 12.0. The van der Waals surface area contributed by atoms with Crippen LogP contribution in [0.15, 0.2) is 35.1 Å². The first-order valence-corrected chi connectivity index (χ1v) is 7.76. The third-order valence-corrected chi connectivity index (χ3v) is 4.05. The van der Waals surface area contributed by atoms with Gasteiger partial charge in [-0.25, -0.2) is 0 Å². The first-order chi connectivity index (χ1) is 10.7. The molecule has 1 aliphatic rings. The molecule has 0 aliphatic heterocycles. The number of rotatable bonds is 4. The molecule has 1 saturated carbocycles. The van der Waals surface area contributed by atoms with E-state index in [-0.39, 0.29) is 24.1 Å². The van der Waals surface area contributed by atoms with Gasteiger partial charge in [-0.15, -0.1) is 0 Å². The molecule has 5 nitrogen and oxygen atoms in total. The highest BCUT2D eigenvalue weighted by Crippen LogP contribution is 2.22.